The summed E-state index contributed by atoms with van der Waals surface area (Å²) in [6.45, 7) is 0. The highest BCUT2D eigenvalue weighted by Gasteiger charge is 1.90. The molecule has 1 aromatic carbocycles. The Kier molecular flexibility index (Phi) is 2.86. The maximum atomic E-state index is 8.41. The number of rotatable bonds is 2. The fraction of sp³-hybridized carbons (Fsp3) is 0. The van der Waals surface area contributed by atoms with Crippen LogP contribution in [-0.2, 0) is 0 Å². The lowest BCUT2D eigenvalue weighted by Crippen LogP contribution is -1.86. The van der Waals surface area contributed by atoms with Crippen molar-refractivity contribution in [2.45, 2.75) is 4.90 Å². The Hall–Kier alpha value is -0.380. The standard InChI is InChI=1S/C6H6ClNOS/c7-10-6-3-1-5(8-9)2-4-6/h1-4,8-9H. The number of hydrogen-bond donors (Lipinski definition) is 2. The normalized spacial score (nSPS) is 9.40. The van der Waals surface area contributed by atoms with Crippen LogP contribution in [-0.4, -0.2) is 5.21 Å². The summed E-state index contributed by atoms with van der Waals surface area (Å²) >= 11 is 0. The van der Waals surface area contributed by atoms with Gasteiger partial charge in [0, 0.05) is 4.90 Å². The van der Waals surface area contributed by atoms with Crippen molar-refractivity contribution in [2.24, 2.45) is 0 Å². The second-order valence-electron chi connectivity index (χ2n) is 1.71. The first-order valence-corrected chi connectivity index (χ1v) is 4.30. The minimum atomic E-state index is 0.662. The summed E-state index contributed by atoms with van der Waals surface area (Å²) in [7, 11) is 6.61. The van der Waals surface area contributed by atoms with E-state index >= 15 is 0 Å². The quantitative estimate of drug-likeness (QED) is 0.678. The van der Waals surface area contributed by atoms with E-state index in [0.717, 1.165) is 15.9 Å². The molecule has 10 heavy (non-hydrogen) atoms. The average Bonchev–Trinajstić information content (AvgIpc) is 2.05. The maximum Gasteiger partial charge on any atom is 0.0602 e. The molecule has 0 bridgehead atoms. The molecule has 0 saturated carbocycles. The summed E-state index contributed by atoms with van der Waals surface area (Å²) in [5.41, 5.74) is 2.69. The SMILES string of the molecule is ONc1ccc(SCl)cc1. The van der Waals surface area contributed by atoms with E-state index in [9.17, 15) is 0 Å². The molecule has 54 valence electrons. The third-order valence-electron chi connectivity index (χ3n) is 1.07. The Balaban J connectivity index is 2.80. The summed E-state index contributed by atoms with van der Waals surface area (Å²) in [6.07, 6.45) is 0. The molecule has 0 aliphatic heterocycles. The Morgan fingerprint density at radius 1 is 1.30 bits per heavy atom. The third-order valence-corrected chi connectivity index (χ3v) is 2.06. The predicted molar refractivity (Wildman–Crippen MR) is 43.6 cm³/mol. The van der Waals surface area contributed by atoms with Gasteiger partial charge in [-0.05, 0) is 45.9 Å². The van der Waals surface area contributed by atoms with Gasteiger partial charge in [-0.1, -0.05) is 0 Å². The molecule has 0 aliphatic carbocycles. The van der Waals surface area contributed by atoms with Gasteiger partial charge < -0.3 is 0 Å². The fourth-order valence-electron chi connectivity index (χ4n) is 0.581. The molecule has 0 atom stereocenters. The predicted octanol–water partition coefficient (Wildman–Crippen LogP) is 2.73. The monoisotopic (exact) mass is 175 g/mol. The second kappa shape index (κ2) is 3.71. The molecule has 0 spiro atoms. The summed E-state index contributed by atoms with van der Waals surface area (Å²) in [6, 6.07) is 7.11. The second-order valence-corrected chi connectivity index (χ2v) is 2.80. The highest BCUT2D eigenvalue weighted by molar-refractivity contribution is 8.21. The molecule has 0 heterocycles. The van der Waals surface area contributed by atoms with Gasteiger partial charge in [0.15, 0.2) is 0 Å². The molecule has 2 nitrogen and oxygen atoms in total. The minimum Gasteiger partial charge on any atom is -0.291 e. The number of nitrogens with one attached hydrogen (secondary N) is 1. The summed E-state index contributed by atoms with van der Waals surface area (Å²) in [5.74, 6) is 0. The van der Waals surface area contributed by atoms with Crippen LogP contribution in [0.1, 0.15) is 0 Å². The van der Waals surface area contributed by atoms with Crippen molar-refractivity contribution in [3.8, 4) is 0 Å². The number of hydrogen-bond acceptors (Lipinski definition) is 3. The molecule has 2 N–H and O–H groups in total. The van der Waals surface area contributed by atoms with E-state index in [4.69, 9.17) is 15.9 Å². The van der Waals surface area contributed by atoms with Gasteiger partial charge >= 0.3 is 0 Å². The zero-order chi connectivity index (χ0) is 7.40. The van der Waals surface area contributed by atoms with E-state index in [1.165, 1.54) is 0 Å². The Labute approximate surface area is 67.7 Å². The van der Waals surface area contributed by atoms with Crippen LogP contribution in [0.5, 0.6) is 0 Å². The van der Waals surface area contributed by atoms with Crippen LogP contribution in [0.15, 0.2) is 29.2 Å². The van der Waals surface area contributed by atoms with Crippen molar-refractivity contribution in [1.82, 2.24) is 0 Å². The van der Waals surface area contributed by atoms with E-state index in [2.05, 4.69) is 0 Å². The van der Waals surface area contributed by atoms with Crippen LogP contribution in [0.4, 0.5) is 5.69 Å². The van der Waals surface area contributed by atoms with Gasteiger partial charge in [0.25, 0.3) is 0 Å². The van der Waals surface area contributed by atoms with Crippen LogP contribution in [0, 0.1) is 0 Å². The molecule has 0 unspecified atom stereocenters. The molecule has 0 amide bonds. The van der Waals surface area contributed by atoms with Crippen LogP contribution >= 0.6 is 21.7 Å². The zero-order valence-corrected chi connectivity index (χ0v) is 6.62. The highest BCUT2D eigenvalue weighted by atomic mass is 35.7. The third kappa shape index (κ3) is 1.80. The van der Waals surface area contributed by atoms with Crippen molar-refractivity contribution in [3.63, 3.8) is 0 Å². The van der Waals surface area contributed by atoms with Crippen molar-refractivity contribution in [3.05, 3.63) is 24.3 Å². The average molecular weight is 176 g/mol. The van der Waals surface area contributed by atoms with E-state index in [1.54, 1.807) is 12.1 Å². The topological polar surface area (TPSA) is 32.3 Å². The van der Waals surface area contributed by atoms with Crippen LogP contribution in [0.3, 0.4) is 0 Å². The van der Waals surface area contributed by atoms with E-state index < -0.39 is 0 Å². The lowest BCUT2D eigenvalue weighted by molar-refractivity contribution is 0.389. The summed E-state index contributed by atoms with van der Waals surface area (Å²) < 4.78 is 0. The first kappa shape index (κ1) is 7.72. The molecule has 0 aliphatic rings. The number of benzene rings is 1. The molecule has 0 saturated heterocycles. The smallest absolute Gasteiger partial charge is 0.0602 e. The van der Waals surface area contributed by atoms with Gasteiger partial charge in [-0.15, -0.1) is 0 Å². The summed E-state index contributed by atoms with van der Waals surface area (Å²) in [5, 5.41) is 8.41. The van der Waals surface area contributed by atoms with E-state index in [1.807, 2.05) is 17.6 Å². The van der Waals surface area contributed by atoms with Gasteiger partial charge in [-0.25, -0.2) is 0 Å². The number of anilines is 1. The first-order valence-electron chi connectivity index (χ1n) is 2.65. The molecule has 4 heteroatoms. The maximum absolute atomic E-state index is 8.41. The molecule has 0 fully saturated rings. The van der Waals surface area contributed by atoms with Gasteiger partial charge in [0.2, 0.25) is 0 Å². The Morgan fingerprint density at radius 3 is 2.30 bits per heavy atom. The van der Waals surface area contributed by atoms with Crippen LogP contribution < -0.4 is 5.48 Å². The first-order chi connectivity index (χ1) is 4.86. The van der Waals surface area contributed by atoms with Crippen LogP contribution in [0.2, 0.25) is 0 Å². The largest absolute Gasteiger partial charge is 0.291 e. The van der Waals surface area contributed by atoms with Gasteiger partial charge in [0.1, 0.15) is 0 Å². The lowest BCUT2D eigenvalue weighted by Gasteiger charge is -1.97. The zero-order valence-electron chi connectivity index (χ0n) is 5.04. The molecule has 0 radical (unpaired) electrons. The van der Waals surface area contributed by atoms with Crippen molar-refractivity contribution in [2.75, 3.05) is 5.48 Å². The van der Waals surface area contributed by atoms with Gasteiger partial charge in [-0.3, -0.25) is 10.7 Å². The number of halogens is 1. The Morgan fingerprint density at radius 2 is 1.90 bits per heavy atom. The minimum absolute atomic E-state index is 0.662. The van der Waals surface area contributed by atoms with Crippen molar-refractivity contribution in [1.29, 1.82) is 0 Å². The van der Waals surface area contributed by atoms with Crippen molar-refractivity contribution >= 4 is 27.3 Å². The Bertz CT molecular complexity index is 178. The fourth-order valence-corrected chi connectivity index (χ4v) is 1.13. The van der Waals surface area contributed by atoms with Crippen LogP contribution in [0.25, 0.3) is 0 Å². The van der Waals surface area contributed by atoms with Gasteiger partial charge in [-0.2, -0.15) is 0 Å². The van der Waals surface area contributed by atoms with E-state index in [-0.39, 0.29) is 0 Å². The lowest BCUT2D eigenvalue weighted by atomic mass is 10.3. The molecule has 1 aromatic rings. The summed E-state index contributed by atoms with van der Waals surface area (Å²) in [4.78, 5) is 0.959. The van der Waals surface area contributed by atoms with Crippen molar-refractivity contribution < 1.29 is 5.21 Å². The van der Waals surface area contributed by atoms with Gasteiger partial charge in [0.05, 0.1) is 5.69 Å². The molecule has 0 aromatic heterocycles. The highest BCUT2D eigenvalue weighted by Crippen LogP contribution is 2.22. The van der Waals surface area contributed by atoms with E-state index in [0.29, 0.717) is 5.69 Å². The molecular formula is C6H6ClNOS. The molecule has 1 rings (SSSR count). The molecular weight excluding hydrogens is 170 g/mol.